The molecule has 0 saturated carbocycles. The third kappa shape index (κ3) is 3.51. The molecule has 0 aromatic heterocycles. The lowest BCUT2D eigenvalue weighted by atomic mass is 10.1. The maximum atomic E-state index is 13.0. The molecule has 0 spiro atoms. The van der Waals surface area contributed by atoms with Gasteiger partial charge in [-0.2, -0.15) is 0 Å². The normalized spacial score (nSPS) is 11.9. The van der Waals surface area contributed by atoms with Crippen LogP contribution in [0.4, 0.5) is 14.5 Å². The van der Waals surface area contributed by atoms with Crippen LogP contribution in [-0.2, 0) is 4.79 Å². The van der Waals surface area contributed by atoms with E-state index in [4.69, 9.17) is 11.6 Å². The Bertz CT molecular complexity index is 569. The Hall–Kier alpha value is -1.94. The molecule has 19 heavy (non-hydrogen) atoms. The standard InChI is InChI=1S/C14H10ClF2NO/c15-13(9-4-2-1-3-5-9)14(19)18-12-7-10(16)6-11(17)8-12/h1-8,13H,(H,18,19). The number of benzene rings is 2. The number of carbonyl (C=O) groups is 1. The predicted octanol–water partition coefficient (Wildman–Crippen LogP) is 3.88. The van der Waals surface area contributed by atoms with Crippen LogP contribution in [0.5, 0.6) is 0 Å². The largest absolute Gasteiger partial charge is 0.324 e. The summed E-state index contributed by atoms with van der Waals surface area (Å²) in [5.74, 6) is -2.07. The Labute approximate surface area is 114 Å². The fraction of sp³-hybridized carbons (Fsp3) is 0.0714. The summed E-state index contributed by atoms with van der Waals surface area (Å²) in [6, 6.07) is 11.5. The highest BCUT2D eigenvalue weighted by molar-refractivity contribution is 6.32. The minimum Gasteiger partial charge on any atom is -0.324 e. The van der Waals surface area contributed by atoms with Crippen LogP contribution < -0.4 is 5.32 Å². The molecular formula is C14H10ClF2NO. The van der Waals surface area contributed by atoms with E-state index in [1.165, 1.54) is 0 Å². The van der Waals surface area contributed by atoms with Gasteiger partial charge in [0.15, 0.2) is 0 Å². The first-order valence-corrected chi connectivity index (χ1v) is 5.96. The van der Waals surface area contributed by atoms with Gasteiger partial charge in [-0.05, 0) is 17.7 Å². The number of hydrogen-bond donors (Lipinski definition) is 1. The van der Waals surface area contributed by atoms with Crippen LogP contribution in [0.1, 0.15) is 10.9 Å². The molecule has 0 aliphatic heterocycles. The Balaban J connectivity index is 2.13. The van der Waals surface area contributed by atoms with Crippen LogP contribution >= 0.6 is 11.6 Å². The highest BCUT2D eigenvalue weighted by atomic mass is 35.5. The molecule has 2 aromatic carbocycles. The van der Waals surface area contributed by atoms with Crippen molar-refractivity contribution in [3.8, 4) is 0 Å². The van der Waals surface area contributed by atoms with Crippen molar-refractivity contribution in [1.82, 2.24) is 0 Å². The Kier molecular flexibility index (Phi) is 4.12. The van der Waals surface area contributed by atoms with Crippen molar-refractivity contribution in [2.45, 2.75) is 5.38 Å². The average Bonchev–Trinajstić information content (AvgIpc) is 2.37. The smallest absolute Gasteiger partial charge is 0.246 e. The first kappa shape index (κ1) is 13.5. The van der Waals surface area contributed by atoms with Gasteiger partial charge >= 0.3 is 0 Å². The first-order valence-electron chi connectivity index (χ1n) is 5.52. The summed E-state index contributed by atoms with van der Waals surface area (Å²) >= 11 is 5.99. The molecule has 0 radical (unpaired) electrons. The zero-order valence-electron chi connectivity index (χ0n) is 9.74. The van der Waals surface area contributed by atoms with Gasteiger partial charge in [-0.15, -0.1) is 11.6 Å². The summed E-state index contributed by atoms with van der Waals surface area (Å²) in [7, 11) is 0. The summed E-state index contributed by atoms with van der Waals surface area (Å²) in [5, 5.41) is 1.45. The molecule has 98 valence electrons. The van der Waals surface area contributed by atoms with E-state index >= 15 is 0 Å². The van der Waals surface area contributed by atoms with Gasteiger partial charge in [0.05, 0.1) is 0 Å². The third-order valence-electron chi connectivity index (χ3n) is 2.45. The summed E-state index contributed by atoms with van der Waals surface area (Å²) in [4.78, 5) is 11.8. The van der Waals surface area contributed by atoms with Gasteiger partial charge in [0, 0.05) is 11.8 Å². The van der Waals surface area contributed by atoms with Gasteiger partial charge in [0.25, 0.3) is 0 Å². The number of carbonyl (C=O) groups excluding carboxylic acids is 1. The minimum absolute atomic E-state index is 0.0316. The molecule has 0 fully saturated rings. The van der Waals surface area contributed by atoms with E-state index in [0.29, 0.717) is 5.56 Å². The highest BCUT2D eigenvalue weighted by Crippen LogP contribution is 2.22. The molecule has 1 N–H and O–H groups in total. The number of hydrogen-bond acceptors (Lipinski definition) is 1. The van der Waals surface area contributed by atoms with Gasteiger partial charge in [0.1, 0.15) is 17.0 Å². The monoisotopic (exact) mass is 281 g/mol. The number of rotatable bonds is 3. The molecule has 5 heteroatoms. The van der Waals surface area contributed by atoms with Crippen molar-refractivity contribution in [1.29, 1.82) is 0 Å². The second kappa shape index (κ2) is 5.80. The lowest BCUT2D eigenvalue weighted by molar-refractivity contribution is -0.116. The second-order valence-corrected chi connectivity index (χ2v) is 4.36. The Morgan fingerprint density at radius 2 is 1.63 bits per heavy atom. The molecule has 1 amide bonds. The van der Waals surface area contributed by atoms with E-state index in [1.54, 1.807) is 30.3 Å². The maximum absolute atomic E-state index is 13.0. The SMILES string of the molecule is O=C(Nc1cc(F)cc(F)c1)C(Cl)c1ccccc1. The molecule has 1 unspecified atom stereocenters. The van der Waals surface area contributed by atoms with Crippen LogP contribution in [0.25, 0.3) is 0 Å². The summed E-state index contributed by atoms with van der Waals surface area (Å²) in [6.07, 6.45) is 0. The van der Waals surface area contributed by atoms with E-state index in [9.17, 15) is 13.6 Å². The van der Waals surface area contributed by atoms with Crippen molar-refractivity contribution >= 4 is 23.2 Å². The van der Waals surface area contributed by atoms with Crippen molar-refractivity contribution in [3.05, 3.63) is 65.7 Å². The van der Waals surface area contributed by atoms with Crippen molar-refractivity contribution in [3.63, 3.8) is 0 Å². The number of anilines is 1. The number of amides is 1. The second-order valence-electron chi connectivity index (χ2n) is 3.92. The van der Waals surface area contributed by atoms with Gasteiger partial charge in [0.2, 0.25) is 5.91 Å². The quantitative estimate of drug-likeness (QED) is 0.850. The van der Waals surface area contributed by atoms with E-state index < -0.39 is 22.9 Å². The van der Waals surface area contributed by atoms with Crippen LogP contribution in [0.15, 0.2) is 48.5 Å². The fourth-order valence-corrected chi connectivity index (χ4v) is 1.81. The van der Waals surface area contributed by atoms with Crippen LogP contribution in [0, 0.1) is 11.6 Å². The highest BCUT2D eigenvalue weighted by Gasteiger charge is 2.17. The van der Waals surface area contributed by atoms with Crippen molar-refractivity contribution in [2.24, 2.45) is 0 Å². The average molecular weight is 282 g/mol. The minimum atomic E-state index is -0.924. The van der Waals surface area contributed by atoms with Crippen molar-refractivity contribution in [2.75, 3.05) is 5.32 Å². The van der Waals surface area contributed by atoms with Gasteiger partial charge < -0.3 is 5.32 Å². The fourth-order valence-electron chi connectivity index (χ4n) is 1.61. The molecule has 0 bridgehead atoms. The molecule has 0 aliphatic carbocycles. The molecule has 2 nitrogen and oxygen atoms in total. The number of alkyl halides is 1. The van der Waals surface area contributed by atoms with Gasteiger partial charge in [-0.1, -0.05) is 30.3 Å². The topological polar surface area (TPSA) is 29.1 Å². The lowest BCUT2D eigenvalue weighted by Crippen LogP contribution is -2.17. The lowest BCUT2D eigenvalue weighted by Gasteiger charge is -2.11. The summed E-state index contributed by atoms with van der Waals surface area (Å²) < 4.78 is 26.0. The molecule has 1 atom stereocenters. The molecular weight excluding hydrogens is 272 g/mol. The van der Waals surface area contributed by atoms with E-state index in [2.05, 4.69) is 5.32 Å². The van der Waals surface area contributed by atoms with E-state index in [-0.39, 0.29) is 5.69 Å². The van der Waals surface area contributed by atoms with Crippen molar-refractivity contribution < 1.29 is 13.6 Å². The maximum Gasteiger partial charge on any atom is 0.246 e. The zero-order chi connectivity index (χ0) is 13.8. The molecule has 0 aliphatic rings. The van der Waals surface area contributed by atoms with Gasteiger partial charge in [-0.25, -0.2) is 8.78 Å². The Morgan fingerprint density at radius 1 is 1.05 bits per heavy atom. The van der Waals surface area contributed by atoms with Crippen LogP contribution in [0.2, 0.25) is 0 Å². The predicted molar refractivity (Wildman–Crippen MR) is 70.0 cm³/mol. The first-order chi connectivity index (χ1) is 9.06. The van der Waals surface area contributed by atoms with Gasteiger partial charge in [-0.3, -0.25) is 4.79 Å². The number of nitrogens with one attached hydrogen (secondary N) is 1. The molecule has 0 saturated heterocycles. The van der Waals surface area contributed by atoms with Crippen LogP contribution in [-0.4, -0.2) is 5.91 Å². The third-order valence-corrected chi connectivity index (χ3v) is 2.90. The summed E-state index contributed by atoms with van der Waals surface area (Å²) in [6.45, 7) is 0. The number of halogens is 3. The molecule has 0 heterocycles. The van der Waals surface area contributed by atoms with E-state index in [0.717, 1.165) is 18.2 Å². The van der Waals surface area contributed by atoms with E-state index in [1.807, 2.05) is 0 Å². The zero-order valence-corrected chi connectivity index (χ0v) is 10.5. The summed E-state index contributed by atoms with van der Waals surface area (Å²) in [5.41, 5.74) is 0.641. The molecule has 2 aromatic rings. The Morgan fingerprint density at radius 3 is 2.21 bits per heavy atom. The van der Waals surface area contributed by atoms with Crippen LogP contribution in [0.3, 0.4) is 0 Å². The molecule has 2 rings (SSSR count).